The monoisotopic (exact) mass is 447 g/mol. The van der Waals surface area contributed by atoms with E-state index in [2.05, 4.69) is 22.9 Å². The molecule has 3 aromatic carbocycles. The van der Waals surface area contributed by atoms with Crippen molar-refractivity contribution in [3.63, 3.8) is 0 Å². The minimum atomic E-state index is -0.346. The zero-order chi connectivity index (χ0) is 22.8. The highest BCUT2D eigenvalue weighted by molar-refractivity contribution is 7.80. The third-order valence-corrected chi connectivity index (χ3v) is 4.75. The number of unbranched alkanes of at least 4 members (excludes halogenated alkanes) is 1. The number of amides is 2. The van der Waals surface area contributed by atoms with Crippen molar-refractivity contribution in [2.24, 2.45) is 0 Å². The van der Waals surface area contributed by atoms with Crippen LogP contribution in [0.5, 0.6) is 5.75 Å². The van der Waals surface area contributed by atoms with E-state index in [0.29, 0.717) is 34.9 Å². The SMILES string of the molecule is CCCCOc1ccccc1C(=O)NC(=S)Nc1ccc(NC(=O)c2ccccc2)cc1. The Hall–Kier alpha value is -3.71. The van der Waals surface area contributed by atoms with Crippen LogP contribution in [0.25, 0.3) is 0 Å². The lowest BCUT2D eigenvalue weighted by Crippen LogP contribution is -2.34. The van der Waals surface area contributed by atoms with Gasteiger partial charge in [0.25, 0.3) is 11.8 Å². The van der Waals surface area contributed by atoms with Gasteiger partial charge in [-0.15, -0.1) is 0 Å². The van der Waals surface area contributed by atoms with E-state index in [9.17, 15) is 9.59 Å². The summed E-state index contributed by atoms with van der Waals surface area (Å²) in [5, 5.41) is 8.65. The Labute approximate surface area is 193 Å². The highest BCUT2D eigenvalue weighted by atomic mass is 32.1. The minimum absolute atomic E-state index is 0.166. The summed E-state index contributed by atoms with van der Waals surface area (Å²) >= 11 is 5.27. The minimum Gasteiger partial charge on any atom is -0.493 e. The van der Waals surface area contributed by atoms with Crippen LogP contribution in [0.4, 0.5) is 11.4 Å². The fourth-order valence-electron chi connectivity index (χ4n) is 2.87. The molecule has 3 N–H and O–H groups in total. The Morgan fingerprint density at radius 1 is 0.812 bits per heavy atom. The number of nitrogens with one attached hydrogen (secondary N) is 3. The number of benzene rings is 3. The van der Waals surface area contributed by atoms with Gasteiger partial charge >= 0.3 is 0 Å². The number of rotatable bonds is 8. The number of hydrogen-bond acceptors (Lipinski definition) is 4. The summed E-state index contributed by atoms with van der Waals surface area (Å²) in [7, 11) is 0. The molecule has 0 heterocycles. The largest absolute Gasteiger partial charge is 0.493 e. The lowest BCUT2D eigenvalue weighted by molar-refractivity contribution is 0.0972. The highest BCUT2D eigenvalue weighted by Crippen LogP contribution is 2.19. The molecule has 0 aliphatic rings. The zero-order valence-electron chi connectivity index (χ0n) is 17.8. The van der Waals surface area contributed by atoms with Crippen molar-refractivity contribution in [2.45, 2.75) is 19.8 Å². The molecule has 0 fully saturated rings. The molecule has 3 aromatic rings. The van der Waals surface area contributed by atoms with Crippen LogP contribution in [0, 0.1) is 0 Å². The number of hydrogen-bond donors (Lipinski definition) is 3. The third kappa shape index (κ3) is 6.65. The first-order chi connectivity index (χ1) is 15.6. The molecule has 32 heavy (non-hydrogen) atoms. The van der Waals surface area contributed by atoms with E-state index < -0.39 is 0 Å². The van der Waals surface area contributed by atoms with Crippen LogP contribution in [-0.4, -0.2) is 23.5 Å². The van der Waals surface area contributed by atoms with E-state index in [1.807, 2.05) is 24.3 Å². The Morgan fingerprint density at radius 3 is 2.12 bits per heavy atom. The smallest absolute Gasteiger partial charge is 0.261 e. The Balaban J connectivity index is 1.55. The van der Waals surface area contributed by atoms with E-state index >= 15 is 0 Å². The van der Waals surface area contributed by atoms with Crippen molar-refractivity contribution in [1.29, 1.82) is 0 Å². The van der Waals surface area contributed by atoms with Gasteiger partial charge in [0.15, 0.2) is 5.11 Å². The molecule has 0 aromatic heterocycles. The molecule has 0 bridgehead atoms. The fraction of sp³-hybridized carbons (Fsp3) is 0.160. The molecule has 0 aliphatic heterocycles. The van der Waals surface area contributed by atoms with Crippen molar-refractivity contribution in [3.8, 4) is 5.75 Å². The summed E-state index contributed by atoms with van der Waals surface area (Å²) in [4.78, 5) is 24.9. The van der Waals surface area contributed by atoms with Gasteiger partial charge in [0, 0.05) is 16.9 Å². The van der Waals surface area contributed by atoms with E-state index in [4.69, 9.17) is 17.0 Å². The quantitative estimate of drug-likeness (QED) is 0.325. The molecule has 0 spiro atoms. The summed E-state index contributed by atoms with van der Waals surface area (Å²) in [5.41, 5.74) is 2.34. The maximum absolute atomic E-state index is 12.6. The van der Waals surface area contributed by atoms with Crippen LogP contribution < -0.4 is 20.7 Å². The third-order valence-electron chi connectivity index (χ3n) is 4.55. The molecule has 2 amide bonds. The fourth-order valence-corrected chi connectivity index (χ4v) is 3.08. The number of anilines is 2. The van der Waals surface area contributed by atoms with Crippen LogP contribution in [0.1, 0.15) is 40.5 Å². The molecule has 0 saturated carbocycles. The first-order valence-electron chi connectivity index (χ1n) is 10.4. The number of carbonyl (C=O) groups is 2. The van der Waals surface area contributed by atoms with E-state index in [0.717, 1.165) is 12.8 Å². The summed E-state index contributed by atoms with van der Waals surface area (Å²) < 4.78 is 5.72. The number of carbonyl (C=O) groups excluding carboxylic acids is 2. The van der Waals surface area contributed by atoms with Crippen LogP contribution >= 0.6 is 12.2 Å². The molecule has 164 valence electrons. The number of ether oxygens (including phenoxy) is 1. The second kappa shape index (κ2) is 11.6. The second-order valence-corrected chi connectivity index (χ2v) is 7.41. The molecule has 6 nitrogen and oxygen atoms in total. The van der Waals surface area contributed by atoms with Gasteiger partial charge in [-0.05, 0) is 67.2 Å². The maximum atomic E-state index is 12.6. The number of para-hydroxylation sites is 1. The summed E-state index contributed by atoms with van der Waals surface area (Å²) in [6.45, 7) is 2.63. The predicted octanol–water partition coefficient (Wildman–Crippen LogP) is 5.24. The topological polar surface area (TPSA) is 79.5 Å². The highest BCUT2D eigenvalue weighted by Gasteiger charge is 2.13. The second-order valence-electron chi connectivity index (χ2n) is 7.00. The lowest BCUT2D eigenvalue weighted by Gasteiger charge is -2.13. The van der Waals surface area contributed by atoms with Crippen molar-refractivity contribution in [3.05, 3.63) is 90.0 Å². The molecular formula is C25H25N3O3S. The maximum Gasteiger partial charge on any atom is 0.261 e. The molecule has 0 unspecified atom stereocenters. The normalized spacial score (nSPS) is 10.2. The molecule has 0 aliphatic carbocycles. The molecule has 3 rings (SSSR count). The van der Waals surface area contributed by atoms with Crippen LogP contribution in [0.3, 0.4) is 0 Å². The van der Waals surface area contributed by atoms with Gasteiger partial charge in [0.1, 0.15) is 5.75 Å². The van der Waals surface area contributed by atoms with Crippen LogP contribution in [0.2, 0.25) is 0 Å². The summed E-state index contributed by atoms with van der Waals surface area (Å²) in [5.74, 6) is -0.00461. The zero-order valence-corrected chi connectivity index (χ0v) is 18.6. The van der Waals surface area contributed by atoms with Gasteiger partial charge in [-0.3, -0.25) is 14.9 Å². The molecular weight excluding hydrogens is 422 g/mol. The van der Waals surface area contributed by atoms with E-state index in [1.165, 1.54) is 0 Å². The van der Waals surface area contributed by atoms with Crippen LogP contribution in [-0.2, 0) is 0 Å². The van der Waals surface area contributed by atoms with Crippen molar-refractivity contribution >= 4 is 40.5 Å². The first kappa shape index (κ1) is 23.0. The summed E-state index contributed by atoms with van der Waals surface area (Å²) in [6.07, 6.45) is 1.93. The van der Waals surface area contributed by atoms with Gasteiger partial charge in [-0.1, -0.05) is 43.7 Å². The van der Waals surface area contributed by atoms with Gasteiger partial charge < -0.3 is 15.4 Å². The Bertz CT molecular complexity index is 1070. The van der Waals surface area contributed by atoms with E-state index in [1.54, 1.807) is 54.6 Å². The predicted molar refractivity (Wildman–Crippen MR) is 131 cm³/mol. The number of thiocarbonyl (C=S) groups is 1. The standard InChI is InChI=1S/C25H25N3O3S/c1-2-3-17-31-22-12-8-7-11-21(22)24(30)28-25(32)27-20-15-13-19(14-16-20)26-23(29)18-9-5-4-6-10-18/h4-16H,2-3,17H2,1H3,(H,26,29)(H2,27,28,30,32). The summed E-state index contributed by atoms with van der Waals surface area (Å²) in [6, 6.07) is 23.1. The van der Waals surface area contributed by atoms with Crippen molar-refractivity contribution in [1.82, 2.24) is 5.32 Å². The van der Waals surface area contributed by atoms with Crippen LogP contribution in [0.15, 0.2) is 78.9 Å². The average Bonchev–Trinajstić information content (AvgIpc) is 2.81. The van der Waals surface area contributed by atoms with Gasteiger partial charge in [0.05, 0.1) is 12.2 Å². The molecule has 0 saturated heterocycles. The molecule has 7 heteroatoms. The average molecular weight is 448 g/mol. The van der Waals surface area contributed by atoms with E-state index in [-0.39, 0.29) is 16.9 Å². The van der Waals surface area contributed by atoms with Crippen molar-refractivity contribution < 1.29 is 14.3 Å². The molecule has 0 atom stereocenters. The van der Waals surface area contributed by atoms with Gasteiger partial charge in [0.2, 0.25) is 0 Å². The lowest BCUT2D eigenvalue weighted by atomic mass is 10.2. The van der Waals surface area contributed by atoms with Gasteiger partial charge in [-0.2, -0.15) is 0 Å². The van der Waals surface area contributed by atoms with Crippen molar-refractivity contribution in [2.75, 3.05) is 17.2 Å². The Kier molecular flexibility index (Phi) is 8.34. The van der Waals surface area contributed by atoms with Gasteiger partial charge in [-0.25, -0.2) is 0 Å². The first-order valence-corrected chi connectivity index (χ1v) is 10.8. The Morgan fingerprint density at radius 2 is 1.44 bits per heavy atom. The molecule has 0 radical (unpaired) electrons.